The molecule has 0 radical (unpaired) electrons. The first kappa shape index (κ1) is 12.4. The normalized spacial score (nSPS) is 13.5. The van der Waals surface area contributed by atoms with E-state index in [-0.39, 0.29) is 0 Å². The average Bonchev–Trinajstić information content (AvgIpc) is 2.45. The van der Waals surface area contributed by atoms with E-state index in [4.69, 9.17) is 16.3 Å². The van der Waals surface area contributed by atoms with Crippen LogP contribution in [0.4, 0.5) is 5.69 Å². The summed E-state index contributed by atoms with van der Waals surface area (Å²) in [7, 11) is 0. The van der Waals surface area contributed by atoms with Crippen LogP contribution in [0.3, 0.4) is 0 Å². The number of ether oxygens (including phenoxy) is 1. The van der Waals surface area contributed by atoms with Crippen LogP contribution in [-0.2, 0) is 13.0 Å². The van der Waals surface area contributed by atoms with Gasteiger partial charge < -0.3 is 10.1 Å². The number of nitrogens with one attached hydrogen (secondary N) is 1. The number of benzene rings is 2. The second-order valence-corrected chi connectivity index (χ2v) is 5.16. The van der Waals surface area contributed by atoms with E-state index in [2.05, 4.69) is 23.5 Å². The van der Waals surface area contributed by atoms with E-state index in [1.807, 2.05) is 24.3 Å². The van der Waals surface area contributed by atoms with Gasteiger partial charge >= 0.3 is 0 Å². The predicted octanol–water partition coefficient (Wildman–Crippen LogP) is 4.28. The molecule has 0 fully saturated rings. The van der Waals surface area contributed by atoms with Gasteiger partial charge in [0.25, 0.3) is 0 Å². The summed E-state index contributed by atoms with van der Waals surface area (Å²) >= 11 is 5.95. The monoisotopic (exact) mass is 273 g/mol. The van der Waals surface area contributed by atoms with Gasteiger partial charge in [-0.05, 0) is 48.2 Å². The molecule has 98 valence electrons. The van der Waals surface area contributed by atoms with Crippen LogP contribution in [0.5, 0.6) is 5.75 Å². The zero-order valence-electron chi connectivity index (χ0n) is 10.7. The molecule has 0 unspecified atom stereocenters. The third kappa shape index (κ3) is 2.85. The number of rotatable bonds is 3. The Morgan fingerprint density at radius 3 is 2.95 bits per heavy atom. The van der Waals surface area contributed by atoms with Gasteiger partial charge in [-0.1, -0.05) is 29.8 Å². The minimum atomic E-state index is 0.588. The minimum absolute atomic E-state index is 0.588. The van der Waals surface area contributed by atoms with Crippen molar-refractivity contribution < 1.29 is 4.74 Å². The molecule has 0 aliphatic carbocycles. The molecule has 19 heavy (non-hydrogen) atoms. The molecule has 2 aromatic carbocycles. The summed E-state index contributed by atoms with van der Waals surface area (Å²) in [5.74, 6) is 0.814. The molecule has 3 heteroatoms. The van der Waals surface area contributed by atoms with Gasteiger partial charge in [0, 0.05) is 17.3 Å². The van der Waals surface area contributed by atoms with Crippen molar-refractivity contribution in [1.29, 1.82) is 0 Å². The highest BCUT2D eigenvalue weighted by Gasteiger charge is 2.12. The summed E-state index contributed by atoms with van der Waals surface area (Å²) in [6, 6.07) is 13.9. The van der Waals surface area contributed by atoms with Crippen molar-refractivity contribution in [3.8, 4) is 5.75 Å². The maximum Gasteiger partial charge on any atom is 0.121 e. The van der Waals surface area contributed by atoms with Gasteiger partial charge in [-0.25, -0.2) is 0 Å². The molecule has 1 aliphatic rings. The van der Waals surface area contributed by atoms with E-state index in [1.165, 1.54) is 23.2 Å². The van der Waals surface area contributed by atoms with Gasteiger partial charge in [0.15, 0.2) is 0 Å². The molecule has 2 aromatic rings. The first-order valence-corrected chi connectivity index (χ1v) is 6.94. The fraction of sp³-hybridized carbons (Fsp3) is 0.250. The van der Waals surface area contributed by atoms with Crippen LogP contribution in [0.1, 0.15) is 17.5 Å². The van der Waals surface area contributed by atoms with Gasteiger partial charge in [-0.15, -0.1) is 0 Å². The van der Waals surface area contributed by atoms with E-state index in [1.54, 1.807) is 0 Å². The van der Waals surface area contributed by atoms with Gasteiger partial charge in [0.05, 0.1) is 0 Å². The van der Waals surface area contributed by atoms with Crippen LogP contribution >= 0.6 is 11.6 Å². The van der Waals surface area contributed by atoms with E-state index in [0.717, 1.165) is 18.7 Å². The lowest BCUT2D eigenvalue weighted by molar-refractivity contribution is 0.305. The Morgan fingerprint density at radius 1 is 1.16 bits per heavy atom. The van der Waals surface area contributed by atoms with Crippen molar-refractivity contribution in [2.24, 2.45) is 0 Å². The summed E-state index contributed by atoms with van der Waals surface area (Å²) in [4.78, 5) is 0. The molecule has 2 nitrogen and oxygen atoms in total. The first-order chi connectivity index (χ1) is 9.33. The number of hydrogen-bond donors (Lipinski definition) is 1. The van der Waals surface area contributed by atoms with Gasteiger partial charge in [-0.3, -0.25) is 0 Å². The van der Waals surface area contributed by atoms with Crippen LogP contribution in [-0.4, -0.2) is 6.54 Å². The number of halogens is 1. The lowest BCUT2D eigenvalue weighted by Gasteiger charge is -2.21. The summed E-state index contributed by atoms with van der Waals surface area (Å²) in [6.45, 7) is 1.65. The number of anilines is 1. The van der Waals surface area contributed by atoms with Crippen LogP contribution in [0.25, 0.3) is 0 Å². The molecule has 0 amide bonds. The topological polar surface area (TPSA) is 21.3 Å². The van der Waals surface area contributed by atoms with Crippen molar-refractivity contribution in [1.82, 2.24) is 0 Å². The second-order valence-electron chi connectivity index (χ2n) is 4.72. The third-order valence-electron chi connectivity index (χ3n) is 3.38. The van der Waals surface area contributed by atoms with Crippen LogP contribution in [0.15, 0.2) is 42.5 Å². The highest BCUT2D eigenvalue weighted by atomic mass is 35.5. The predicted molar refractivity (Wildman–Crippen MR) is 79.0 cm³/mol. The Labute approximate surface area is 118 Å². The Hall–Kier alpha value is -1.67. The Morgan fingerprint density at radius 2 is 2.05 bits per heavy atom. The number of hydrogen-bond acceptors (Lipinski definition) is 2. The molecule has 1 aliphatic heterocycles. The van der Waals surface area contributed by atoms with E-state index in [0.29, 0.717) is 11.6 Å². The zero-order chi connectivity index (χ0) is 13.1. The van der Waals surface area contributed by atoms with Crippen molar-refractivity contribution in [3.05, 3.63) is 58.6 Å². The van der Waals surface area contributed by atoms with Gasteiger partial charge in [-0.2, -0.15) is 0 Å². The average molecular weight is 274 g/mol. The van der Waals surface area contributed by atoms with Gasteiger partial charge in [0.1, 0.15) is 12.4 Å². The van der Waals surface area contributed by atoms with Crippen molar-refractivity contribution >= 4 is 17.3 Å². The van der Waals surface area contributed by atoms with Crippen molar-refractivity contribution in [2.75, 3.05) is 11.9 Å². The Kier molecular flexibility index (Phi) is 3.60. The molecular formula is C16H16ClNO. The smallest absolute Gasteiger partial charge is 0.121 e. The molecule has 1 heterocycles. The second kappa shape index (κ2) is 5.54. The molecule has 0 saturated heterocycles. The lowest BCUT2D eigenvalue weighted by Crippen LogP contribution is -2.14. The van der Waals surface area contributed by atoms with Crippen molar-refractivity contribution in [3.63, 3.8) is 0 Å². The van der Waals surface area contributed by atoms with Crippen LogP contribution in [0.2, 0.25) is 5.02 Å². The van der Waals surface area contributed by atoms with Crippen LogP contribution in [0, 0.1) is 0 Å². The summed E-state index contributed by atoms with van der Waals surface area (Å²) in [6.07, 6.45) is 2.30. The first-order valence-electron chi connectivity index (χ1n) is 6.56. The van der Waals surface area contributed by atoms with E-state index in [9.17, 15) is 0 Å². The number of fused-ring (bicyclic) bond motifs is 1. The zero-order valence-corrected chi connectivity index (χ0v) is 11.4. The highest BCUT2D eigenvalue weighted by molar-refractivity contribution is 6.30. The molecule has 0 aromatic heterocycles. The van der Waals surface area contributed by atoms with Crippen LogP contribution < -0.4 is 10.1 Å². The standard InChI is InChI=1S/C16H16ClNO/c17-13-5-2-6-14(10-13)19-11-12-4-1-8-16-15(12)7-3-9-18-16/h1-2,4-6,8,10,18H,3,7,9,11H2. The molecular weight excluding hydrogens is 258 g/mol. The van der Waals surface area contributed by atoms with Gasteiger partial charge in [0.2, 0.25) is 0 Å². The molecule has 0 bridgehead atoms. The molecule has 1 N–H and O–H groups in total. The molecule has 3 rings (SSSR count). The van der Waals surface area contributed by atoms with E-state index < -0.39 is 0 Å². The summed E-state index contributed by atoms with van der Waals surface area (Å²) < 4.78 is 5.83. The minimum Gasteiger partial charge on any atom is -0.489 e. The van der Waals surface area contributed by atoms with Crippen molar-refractivity contribution in [2.45, 2.75) is 19.4 Å². The SMILES string of the molecule is Clc1cccc(OCc2cccc3c2CCCN3)c1. The lowest BCUT2D eigenvalue weighted by atomic mass is 9.98. The summed E-state index contributed by atoms with van der Waals surface area (Å²) in [5, 5.41) is 4.14. The molecule has 0 atom stereocenters. The highest BCUT2D eigenvalue weighted by Crippen LogP contribution is 2.26. The quantitative estimate of drug-likeness (QED) is 0.901. The van der Waals surface area contributed by atoms with E-state index >= 15 is 0 Å². The Balaban J connectivity index is 1.77. The largest absolute Gasteiger partial charge is 0.489 e. The molecule has 0 spiro atoms. The third-order valence-corrected chi connectivity index (χ3v) is 3.62. The maximum atomic E-state index is 5.95. The molecule has 0 saturated carbocycles. The Bertz CT molecular complexity index is 583. The fourth-order valence-corrected chi connectivity index (χ4v) is 2.62. The summed E-state index contributed by atoms with van der Waals surface area (Å²) in [5.41, 5.74) is 3.89. The fourth-order valence-electron chi connectivity index (χ4n) is 2.44. The maximum absolute atomic E-state index is 5.95.